The number of nitrogens with zero attached hydrogens (tertiary/aromatic N) is 6. The molecule has 0 aliphatic carbocycles. The molecular formula is C40H43F3N6O5. The number of carbonyl (C=O) groups excluding carboxylic acids is 1. The summed E-state index contributed by atoms with van der Waals surface area (Å²) < 4.78 is 69.9. The molecule has 54 heavy (non-hydrogen) atoms. The molecule has 1 unspecified atom stereocenters. The average Bonchev–Trinajstić information content (AvgIpc) is 3.82. The van der Waals surface area contributed by atoms with Gasteiger partial charge in [0.25, 0.3) is 0 Å². The molecule has 284 valence electrons. The van der Waals surface area contributed by atoms with Crippen LogP contribution >= 0.6 is 0 Å². The molecule has 1 spiro atoms. The number of anilines is 1. The van der Waals surface area contributed by atoms with Crippen molar-refractivity contribution in [1.29, 1.82) is 0 Å². The number of fused-ring (bicyclic) bond motifs is 3. The molecule has 3 atom stereocenters. The van der Waals surface area contributed by atoms with Crippen molar-refractivity contribution in [3.63, 3.8) is 0 Å². The number of amides is 1. The quantitative estimate of drug-likeness (QED) is 0.144. The Morgan fingerprint density at radius 2 is 1.91 bits per heavy atom. The number of aromatic nitrogens is 3. The van der Waals surface area contributed by atoms with Crippen LogP contribution in [-0.4, -0.2) is 107 Å². The molecule has 0 radical (unpaired) electrons. The van der Waals surface area contributed by atoms with E-state index in [1.165, 1.54) is 19.4 Å². The first-order valence-corrected chi connectivity index (χ1v) is 18.3. The van der Waals surface area contributed by atoms with Crippen molar-refractivity contribution >= 4 is 33.6 Å². The summed E-state index contributed by atoms with van der Waals surface area (Å²) >= 11 is 0. The van der Waals surface area contributed by atoms with E-state index < -0.39 is 34.5 Å². The molecule has 14 heteroatoms. The third kappa shape index (κ3) is 6.21. The van der Waals surface area contributed by atoms with Gasteiger partial charge in [-0.25, -0.2) is 18.0 Å². The molecule has 0 N–H and O–H groups in total. The van der Waals surface area contributed by atoms with Gasteiger partial charge in [-0.2, -0.15) is 9.97 Å². The van der Waals surface area contributed by atoms with Crippen molar-refractivity contribution in [2.45, 2.75) is 75.7 Å². The van der Waals surface area contributed by atoms with Crippen LogP contribution in [0.15, 0.2) is 30.5 Å². The molecule has 6 heterocycles. The first-order chi connectivity index (χ1) is 25.8. The molecule has 8 rings (SSSR count). The van der Waals surface area contributed by atoms with Gasteiger partial charge in [-0.1, -0.05) is 12.0 Å². The molecule has 4 aliphatic heterocycles. The first kappa shape index (κ1) is 36.1. The topological polar surface area (TPSA) is 102 Å². The van der Waals surface area contributed by atoms with Crippen LogP contribution in [0, 0.1) is 24.0 Å². The van der Waals surface area contributed by atoms with Gasteiger partial charge in [0.15, 0.2) is 12.6 Å². The molecule has 0 bridgehead atoms. The summed E-state index contributed by atoms with van der Waals surface area (Å²) in [6, 6.07) is 5.95. The Labute approximate surface area is 311 Å². The third-order valence-corrected chi connectivity index (χ3v) is 11.3. The maximum Gasteiger partial charge on any atom is 0.410 e. The molecule has 11 nitrogen and oxygen atoms in total. The van der Waals surface area contributed by atoms with Crippen LogP contribution in [0.1, 0.15) is 58.4 Å². The van der Waals surface area contributed by atoms with E-state index in [1.54, 1.807) is 23.1 Å². The standard InChI is InChI=1S/C40H43F3N6O5/c1-6-27-30(42)9-8-24-16-26(53-23-51-5)17-28(31(24)27)33-32(43)34-29(19-44-33)35(46-36(45-34)52-22-40-10-7-13-48(40)20-25(41)18-40)47-14-11-39(21-47)12-15-49(39)37(50)54-38(2,3)4/h1,8-9,16-17,19,25H,7,10-15,18,20-23H2,2-5H3/t25-,39?,40+/m1/s1. The van der Waals surface area contributed by atoms with Crippen molar-refractivity contribution in [3.05, 3.63) is 47.7 Å². The fourth-order valence-electron chi connectivity index (χ4n) is 8.72. The van der Waals surface area contributed by atoms with Crippen molar-refractivity contribution in [1.82, 2.24) is 24.8 Å². The number of benzene rings is 2. The minimum atomic E-state index is -0.958. The van der Waals surface area contributed by atoms with Gasteiger partial charge in [-0.05, 0) is 76.6 Å². The molecule has 1 amide bonds. The van der Waals surface area contributed by atoms with Gasteiger partial charge in [0.2, 0.25) is 0 Å². The number of terminal acetylenes is 1. The molecule has 0 saturated carbocycles. The molecule has 4 aliphatic rings. The van der Waals surface area contributed by atoms with Crippen molar-refractivity contribution in [3.8, 4) is 35.4 Å². The van der Waals surface area contributed by atoms with Crippen LogP contribution < -0.4 is 14.4 Å². The van der Waals surface area contributed by atoms with E-state index in [4.69, 9.17) is 30.4 Å². The summed E-state index contributed by atoms with van der Waals surface area (Å²) in [5.74, 6) is 1.72. The lowest BCUT2D eigenvalue weighted by molar-refractivity contribution is -0.0362. The van der Waals surface area contributed by atoms with E-state index in [9.17, 15) is 9.18 Å². The van der Waals surface area contributed by atoms with E-state index >= 15 is 8.78 Å². The lowest BCUT2D eigenvalue weighted by Crippen LogP contribution is -2.64. The van der Waals surface area contributed by atoms with E-state index in [1.807, 2.05) is 25.7 Å². The smallest absolute Gasteiger partial charge is 0.410 e. The molecule has 2 aromatic heterocycles. The first-order valence-electron chi connectivity index (χ1n) is 18.3. The zero-order valence-corrected chi connectivity index (χ0v) is 30.9. The van der Waals surface area contributed by atoms with Crippen molar-refractivity contribution in [2.24, 2.45) is 0 Å². The Balaban J connectivity index is 1.23. The Morgan fingerprint density at radius 1 is 1.09 bits per heavy atom. The van der Waals surface area contributed by atoms with Crippen LogP contribution in [0.5, 0.6) is 11.8 Å². The lowest BCUT2D eigenvalue weighted by atomic mass is 9.84. The maximum atomic E-state index is 17.2. The van der Waals surface area contributed by atoms with Gasteiger partial charge >= 0.3 is 12.1 Å². The molecule has 2 aromatic carbocycles. The number of alkyl halides is 1. The second-order valence-corrected chi connectivity index (χ2v) is 15.8. The minimum absolute atomic E-state index is 0.0463. The highest BCUT2D eigenvalue weighted by atomic mass is 19.1. The Hall–Kier alpha value is -4.87. The van der Waals surface area contributed by atoms with Gasteiger partial charge in [0.05, 0.1) is 22.0 Å². The van der Waals surface area contributed by atoms with Gasteiger partial charge in [0.1, 0.15) is 47.0 Å². The fraction of sp³-hybridized carbons (Fsp3) is 0.500. The number of methoxy groups -OCH3 is 1. The highest BCUT2D eigenvalue weighted by Crippen LogP contribution is 2.45. The summed E-state index contributed by atoms with van der Waals surface area (Å²) in [5, 5.41) is 1.13. The van der Waals surface area contributed by atoms with E-state index in [2.05, 4.69) is 20.8 Å². The van der Waals surface area contributed by atoms with Crippen LogP contribution in [0.4, 0.5) is 23.8 Å². The summed E-state index contributed by atoms with van der Waals surface area (Å²) in [7, 11) is 1.48. The van der Waals surface area contributed by atoms with E-state index in [0.29, 0.717) is 61.4 Å². The van der Waals surface area contributed by atoms with Gasteiger partial charge in [-0.15, -0.1) is 6.42 Å². The lowest BCUT2D eigenvalue weighted by Gasteiger charge is -2.50. The molecule has 4 saturated heterocycles. The third-order valence-electron chi connectivity index (χ3n) is 11.3. The molecular weight excluding hydrogens is 701 g/mol. The number of hydrogen-bond donors (Lipinski definition) is 0. The number of rotatable bonds is 8. The summed E-state index contributed by atoms with van der Waals surface area (Å²) in [5.41, 5.74) is -1.65. The van der Waals surface area contributed by atoms with Crippen molar-refractivity contribution in [2.75, 3.05) is 58.1 Å². The second kappa shape index (κ2) is 13.5. The highest BCUT2D eigenvalue weighted by Gasteiger charge is 2.53. The van der Waals surface area contributed by atoms with Crippen LogP contribution in [0.2, 0.25) is 0 Å². The van der Waals surface area contributed by atoms with Gasteiger partial charge in [-0.3, -0.25) is 9.88 Å². The van der Waals surface area contributed by atoms with E-state index in [0.717, 1.165) is 25.8 Å². The minimum Gasteiger partial charge on any atom is -0.468 e. The molecule has 4 fully saturated rings. The summed E-state index contributed by atoms with van der Waals surface area (Å²) in [6.07, 6.45) is 9.42. The number of hydrogen-bond acceptors (Lipinski definition) is 10. The SMILES string of the molecule is C#Cc1c(F)ccc2cc(OCOC)cc(-c3ncc4c(N5CCC6(CCN6C(=O)OC(C)(C)C)C5)nc(OC[C@@]56CCCN5C[C@H](F)C6)nc4c3F)c12. The number of carbonyl (C=O) groups is 1. The Kier molecular flexibility index (Phi) is 9.00. The maximum absolute atomic E-state index is 17.2. The predicted octanol–water partition coefficient (Wildman–Crippen LogP) is 6.63. The van der Waals surface area contributed by atoms with Crippen LogP contribution in [-0.2, 0) is 9.47 Å². The zero-order valence-electron chi connectivity index (χ0n) is 30.9. The normalized spacial score (nSPS) is 23.9. The van der Waals surface area contributed by atoms with Gasteiger partial charge in [0, 0.05) is 56.9 Å². The second-order valence-electron chi connectivity index (χ2n) is 15.8. The van der Waals surface area contributed by atoms with Crippen molar-refractivity contribution < 1.29 is 36.9 Å². The Morgan fingerprint density at radius 3 is 2.65 bits per heavy atom. The largest absolute Gasteiger partial charge is 0.468 e. The van der Waals surface area contributed by atoms with Crippen LogP contribution in [0.25, 0.3) is 32.9 Å². The monoisotopic (exact) mass is 744 g/mol. The fourth-order valence-corrected chi connectivity index (χ4v) is 8.72. The average molecular weight is 745 g/mol. The predicted molar refractivity (Wildman–Crippen MR) is 196 cm³/mol. The van der Waals surface area contributed by atoms with Gasteiger partial charge < -0.3 is 28.7 Å². The Bertz CT molecular complexity index is 2190. The number of halogens is 3. The summed E-state index contributed by atoms with van der Waals surface area (Å²) in [4.78, 5) is 33.1. The van der Waals surface area contributed by atoms with E-state index in [-0.39, 0.29) is 53.2 Å². The number of likely N-dealkylation sites (tertiary alicyclic amines) is 1. The number of pyridine rings is 1. The highest BCUT2D eigenvalue weighted by molar-refractivity contribution is 6.03. The summed E-state index contributed by atoms with van der Waals surface area (Å²) in [6.45, 7) is 8.21. The molecule has 4 aromatic rings. The van der Waals surface area contributed by atoms with Crippen LogP contribution in [0.3, 0.4) is 0 Å². The zero-order chi connectivity index (χ0) is 38.0. The number of ether oxygens (including phenoxy) is 4.